The first-order valence-electron chi connectivity index (χ1n) is 9.88. The molecule has 1 saturated heterocycles. The van der Waals surface area contributed by atoms with Crippen LogP contribution in [-0.2, 0) is 9.59 Å². The molecule has 6 nitrogen and oxygen atoms in total. The van der Waals surface area contributed by atoms with Crippen molar-refractivity contribution in [2.75, 3.05) is 4.90 Å². The van der Waals surface area contributed by atoms with Crippen LogP contribution in [0.4, 0.5) is 5.82 Å². The number of Topliss-reactive ketones (excluding diaryl/α,β-unsaturated/α-hetero) is 1. The second-order valence-electron chi connectivity index (χ2n) is 7.79. The van der Waals surface area contributed by atoms with E-state index in [0.29, 0.717) is 22.8 Å². The molecule has 1 amide bonds. The minimum atomic E-state index is -0.825. The smallest absolute Gasteiger partial charge is 0.301 e. The number of aromatic nitrogens is 1. The van der Waals surface area contributed by atoms with Gasteiger partial charge in [0.05, 0.1) is 11.6 Å². The average Bonchev–Trinajstić information content (AvgIpc) is 3.29. The normalized spacial score (nSPS) is 18.2. The van der Waals surface area contributed by atoms with Gasteiger partial charge in [-0.05, 0) is 36.1 Å². The lowest BCUT2D eigenvalue weighted by atomic mass is 9.93. The molecule has 0 aliphatic carbocycles. The number of aliphatic hydroxyl groups is 1. The quantitative estimate of drug-likeness (QED) is 0.303. The number of carbonyl (C=O) groups excluding carboxylic acids is 2. The number of hydrogen-bond acceptors (Lipinski definition) is 5. The van der Waals surface area contributed by atoms with Gasteiger partial charge < -0.3 is 9.63 Å². The summed E-state index contributed by atoms with van der Waals surface area (Å²) in [6.07, 6.45) is 0. The summed E-state index contributed by atoms with van der Waals surface area (Å²) in [4.78, 5) is 27.4. The molecule has 1 fully saturated rings. The summed E-state index contributed by atoms with van der Waals surface area (Å²) in [5, 5.41) is 15.0. The van der Waals surface area contributed by atoms with E-state index in [1.54, 1.807) is 37.3 Å². The van der Waals surface area contributed by atoms with E-state index in [1.165, 1.54) is 4.90 Å². The van der Waals surface area contributed by atoms with Crippen molar-refractivity contribution in [1.29, 1.82) is 0 Å². The molecule has 3 aromatic rings. The van der Waals surface area contributed by atoms with E-state index in [4.69, 9.17) is 4.52 Å². The third kappa shape index (κ3) is 3.81. The highest BCUT2D eigenvalue weighted by Crippen LogP contribution is 2.42. The Morgan fingerprint density at radius 1 is 1.10 bits per heavy atom. The van der Waals surface area contributed by atoms with Crippen molar-refractivity contribution in [1.82, 2.24) is 5.16 Å². The minimum Gasteiger partial charge on any atom is -0.507 e. The second-order valence-corrected chi connectivity index (χ2v) is 8.71. The summed E-state index contributed by atoms with van der Waals surface area (Å²) in [7, 11) is 0. The van der Waals surface area contributed by atoms with Crippen molar-refractivity contribution in [3.8, 4) is 0 Å². The fourth-order valence-electron chi connectivity index (χ4n) is 3.68. The summed E-state index contributed by atoms with van der Waals surface area (Å²) >= 11 is 3.36. The maximum absolute atomic E-state index is 13.1. The molecular formula is C24H21BrN2O4. The van der Waals surface area contributed by atoms with E-state index in [1.807, 2.05) is 24.3 Å². The van der Waals surface area contributed by atoms with Gasteiger partial charge in [0, 0.05) is 16.1 Å². The second kappa shape index (κ2) is 8.15. The highest BCUT2D eigenvalue weighted by molar-refractivity contribution is 9.10. The van der Waals surface area contributed by atoms with E-state index >= 15 is 0 Å². The number of carbonyl (C=O) groups is 2. The molecule has 158 valence electrons. The largest absolute Gasteiger partial charge is 0.507 e. The molecule has 0 bridgehead atoms. The van der Waals surface area contributed by atoms with Gasteiger partial charge >= 0.3 is 5.91 Å². The van der Waals surface area contributed by atoms with Gasteiger partial charge in [0.1, 0.15) is 11.5 Å². The molecule has 7 heteroatoms. The number of benzene rings is 2. The fraction of sp³-hybridized carbons (Fsp3) is 0.208. The van der Waals surface area contributed by atoms with Gasteiger partial charge in [0.2, 0.25) is 0 Å². The van der Waals surface area contributed by atoms with E-state index in [2.05, 4.69) is 34.9 Å². The molecule has 1 aromatic heterocycles. The summed E-state index contributed by atoms with van der Waals surface area (Å²) < 4.78 is 5.99. The van der Waals surface area contributed by atoms with Crippen molar-refractivity contribution in [3.63, 3.8) is 0 Å². The SMILES string of the molecule is Cc1cc(N2C(=O)C(=O)/C(=C(/O)c3ccc(Br)cc3)[C@H]2c2ccc(C(C)C)cc2)no1. The van der Waals surface area contributed by atoms with Crippen LogP contribution in [0, 0.1) is 6.92 Å². The Morgan fingerprint density at radius 3 is 2.29 bits per heavy atom. The zero-order valence-corrected chi connectivity index (χ0v) is 18.9. The van der Waals surface area contributed by atoms with Crippen LogP contribution in [0.25, 0.3) is 5.76 Å². The van der Waals surface area contributed by atoms with Gasteiger partial charge in [-0.25, -0.2) is 0 Å². The molecule has 31 heavy (non-hydrogen) atoms. The topological polar surface area (TPSA) is 83.6 Å². The van der Waals surface area contributed by atoms with Gasteiger partial charge in [-0.2, -0.15) is 0 Å². The summed E-state index contributed by atoms with van der Waals surface area (Å²) in [6, 6.07) is 15.4. The highest BCUT2D eigenvalue weighted by Gasteiger charge is 2.48. The third-order valence-electron chi connectivity index (χ3n) is 5.34. The molecule has 2 aromatic carbocycles. The summed E-state index contributed by atoms with van der Waals surface area (Å²) in [5.41, 5.74) is 2.29. The van der Waals surface area contributed by atoms with E-state index in [9.17, 15) is 14.7 Å². The lowest BCUT2D eigenvalue weighted by Crippen LogP contribution is -2.29. The van der Waals surface area contributed by atoms with Crippen molar-refractivity contribution >= 4 is 39.2 Å². The van der Waals surface area contributed by atoms with Crippen LogP contribution in [0.1, 0.15) is 48.3 Å². The summed E-state index contributed by atoms with van der Waals surface area (Å²) in [6.45, 7) is 5.89. The Balaban J connectivity index is 1.91. The maximum atomic E-state index is 13.1. The number of anilines is 1. The van der Waals surface area contributed by atoms with Crippen molar-refractivity contribution in [2.24, 2.45) is 0 Å². The van der Waals surface area contributed by atoms with Gasteiger partial charge in [0.25, 0.3) is 5.78 Å². The molecule has 0 spiro atoms. The number of halogens is 1. The predicted octanol–water partition coefficient (Wildman–Crippen LogP) is 5.50. The fourth-order valence-corrected chi connectivity index (χ4v) is 3.94. The Hall–Kier alpha value is -3.19. The zero-order chi connectivity index (χ0) is 22.3. The van der Waals surface area contributed by atoms with Crippen LogP contribution in [0.3, 0.4) is 0 Å². The first-order chi connectivity index (χ1) is 14.8. The number of hydrogen-bond donors (Lipinski definition) is 1. The van der Waals surface area contributed by atoms with E-state index < -0.39 is 17.7 Å². The first kappa shape index (κ1) is 21.1. The Kier molecular flexibility index (Phi) is 5.54. The maximum Gasteiger partial charge on any atom is 0.301 e. The zero-order valence-electron chi connectivity index (χ0n) is 17.3. The number of aliphatic hydroxyl groups excluding tert-OH is 1. The Bertz CT molecular complexity index is 1180. The van der Waals surface area contributed by atoms with Crippen molar-refractivity contribution in [3.05, 3.63) is 87.1 Å². The average molecular weight is 481 g/mol. The number of aryl methyl sites for hydroxylation is 1. The number of amides is 1. The molecule has 1 aliphatic heterocycles. The lowest BCUT2D eigenvalue weighted by Gasteiger charge is -2.23. The molecular weight excluding hydrogens is 460 g/mol. The van der Waals surface area contributed by atoms with Crippen LogP contribution < -0.4 is 4.90 Å². The monoisotopic (exact) mass is 480 g/mol. The first-order valence-corrected chi connectivity index (χ1v) is 10.7. The van der Waals surface area contributed by atoms with Gasteiger partial charge in [0.15, 0.2) is 5.82 Å². The van der Waals surface area contributed by atoms with E-state index in [0.717, 1.165) is 10.0 Å². The Labute approximate surface area is 188 Å². The highest BCUT2D eigenvalue weighted by atomic mass is 79.9. The third-order valence-corrected chi connectivity index (χ3v) is 5.87. The summed E-state index contributed by atoms with van der Waals surface area (Å²) in [5.74, 6) is -0.678. The number of nitrogens with zero attached hydrogens (tertiary/aromatic N) is 2. The lowest BCUT2D eigenvalue weighted by molar-refractivity contribution is -0.132. The van der Waals surface area contributed by atoms with Gasteiger partial charge in [-0.15, -0.1) is 0 Å². The molecule has 1 N–H and O–H groups in total. The Morgan fingerprint density at radius 2 is 1.74 bits per heavy atom. The van der Waals surface area contributed by atoms with Crippen molar-refractivity contribution in [2.45, 2.75) is 32.7 Å². The van der Waals surface area contributed by atoms with Gasteiger partial charge in [-0.3, -0.25) is 14.5 Å². The molecule has 1 atom stereocenters. The van der Waals surface area contributed by atoms with Gasteiger partial charge in [-0.1, -0.05) is 71.3 Å². The van der Waals surface area contributed by atoms with E-state index in [-0.39, 0.29) is 17.2 Å². The molecule has 2 heterocycles. The van der Waals surface area contributed by atoms with Crippen LogP contribution in [0.5, 0.6) is 0 Å². The molecule has 0 radical (unpaired) electrons. The minimum absolute atomic E-state index is 0.0188. The molecule has 1 aliphatic rings. The molecule has 0 unspecified atom stereocenters. The molecule has 0 saturated carbocycles. The molecule has 4 rings (SSSR count). The number of ketones is 1. The standard InChI is InChI=1S/C24H21BrN2O4/c1-13(2)15-4-6-16(7-5-15)21-20(22(28)17-8-10-18(25)11-9-17)23(29)24(30)27(21)19-12-14(3)31-26-19/h4-13,21,28H,1-3H3/b22-20+/t21-/m1/s1. The van der Waals surface area contributed by atoms with Crippen LogP contribution in [0.2, 0.25) is 0 Å². The van der Waals surface area contributed by atoms with Crippen LogP contribution >= 0.6 is 15.9 Å². The van der Waals surface area contributed by atoms with Crippen LogP contribution in [-0.4, -0.2) is 22.0 Å². The predicted molar refractivity (Wildman–Crippen MR) is 121 cm³/mol. The van der Waals surface area contributed by atoms with Crippen LogP contribution in [0.15, 0.2) is 69.2 Å². The number of rotatable bonds is 4. The van der Waals surface area contributed by atoms with Crippen molar-refractivity contribution < 1.29 is 19.2 Å².